The van der Waals surface area contributed by atoms with Gasteiger partial charge < -0.3 is 10.8 Å². The van der Waals surface area contributed by atoms with Gasteiger partial charge in [-0.1, -0.05) is 18.7 Å². The van der Waals surface area contributed by atoms with Gasteiger partial charge in [-0.3, -0.25) is 4.79 Å². The molecule has 0 aliphatic rings. The van der Waals surface area contributed by atoms with Gasteiger partial charge in [-0.25, -0.2) is 0 Å². The minimum absolute atomic E-state index is 0.265. The molecule has 3 heteroatoms. The molecule has 1 amide bonds. The van der Waals surface area contributed by atoms with Crippen molar-refractivity contribution in [2.24, 2.45) is 5.73 Å². The van der Waals surface area contributed by atoms with Crippen molar-refractivity contribution < 1.29 is 9.90 Å². The number of nitrogens with two attached hydrogens (primary N) is 1. The lowest BCUT2D eigenvalue weighted by Crippen LogP contribution is -2.12. The SMILES string of the molecule is C=C(CCCc1cccc(O)c1)C(N)=O. The zero-order valence-corrected chi connectivity index (χ0v) is 8.57. The van der Waals surface area contributed by atoms with Crippen molar-refractivity contribution in [3.05, 3.63) is 42.0 Å². The normalized spacial score (nSPS) is 9.87. The zero-order valence-electron chi connectivity index (χ0n) is 8.57. The van der Waals surface area contributed by atoms with Crippen LogP contribution in [-0.4, -0.2) is 11.0 Å². The summed E-state index contributed by atoms with van der Waals surface area (Å²) in [6.07, 6.45) is 2.22. The van der Waals surface area contributed by atoms with Crippen molar-refractivity contribution in [1.29, 1.82) is 0 Å². The molecule has 1 aromatic carbocycles. The van der Waals surface area contributed by atoms with Crippen LogP contribution >= 0.6 is 0 Å². The fourth-order valence-electron chi connectivity index (χ4n) is 1.34. The number of amides is 1. The van der Waals surface area contributed by atoms with E-state index >= 15 is 0 Å². The van der Waals surface area contributed by atoms with E-state index in [0.717, 1.165) is 18.4 Å². The molecule has 0 aliphatic carbocycles. The predicted octanol–water partition coefficient (Wildman–Crippen LogP) is 1.76. The Morgan fingerprint density at radius 3 is 2.80 bits per heavy atom. The molecule has 1 aromatic rings. The smallest absolute Gasteiger partial charge is 0.244 e. The number of aromatic hydroxyl groups is 1. The molecule has 3 N–H and O–H groups in total. The Morgan fingerprint density at radius 1 is 1.47 bits per heavy atom. The number of benzene rings is 1. The number of phenols is 1. The largest absolute Gasteiger partial charge is 0.508 e. The maximum atomic E-state index is 10.7. The van der Waals surface area contributed by atoms with Gasteiger partial charge in [0.15, 0.2) is 0 Å². The molecule has 0 aliphatic heterocycles. The molecule has 0 fully saturated rings. The summed E-state index contributed by atoms with van der Waals surface area (Å²) in [5.41, 5.74) is 6.56. The lowest BCUT2D eigenvalue weighted by Gasteiger charge is -2.02. The number of rotatable bonds is 5. The van der Waals surface area contributed by atoms with E-state index < -0.39 is 5.91 Å². The topological polar surface area (TPSA) is 63.3 Å². The maximum Gasteiger partial charge on any atom is 0.244 e. The Labute approximate surface area is 89.2 Å². The highest BCUT2D eigenvalue weighted by molar-refractivity contribution is 5.91. The second-order valence-corrected chi connectivity index (χ2v) is 3.49. The van der Waals surface area contributed by atoms with Crippen LogP contribution in [-0.2, 0) is 11.2 Å². The van der Waals surface area contributed by atoms with E-state index in [1.54, 1.807) is 18.2 Å². The predicted molar refractivity (Wildman–Crippen MR) is 59.4 cm³/mol. The van der Waals surface area contributed by atoms with Gasteiger partial charge in [-0.05, 0) is 37.0 Å². The van der Waals surface area contributed by atoms with Gasteiger partial charge in [0.1, 0.15) is 5.75 Å². The lowest BCUT2D eigenvalue weighted by molar-refractivity contribution is -0.114. The maximum absolute atomic E-state index is 10.7. The van der Waals surface area contributed by atoms with Gasteiger partial charge in [0.05, 0.1) is 0 Å². The third-order valence-electron chi connectivity index (χ3n) is 2.20. The van der Waals surface area contributed by atoms with Crippen LogP contribution < -0.4 is 5.73 Å². The van der Waals surface area contributed by atoms with Gasteiger partial charge in [-0.2, -0.15) is 0 Å². The number of aryl methyl sites for hydroxylation is 1. The van der Waals surface area contributed by atoms with Gasteiger partial charge in [0.2, 0.25) is 5.91 Å². The van der Waals surface area contributed by atoms with E-state index in [1.165, 1.54) is 0 Å². The molecule has 0 unspecified atom stereocenters. The highest BCUT2D eigenvalue weighted by atomic mass is 16.3. The first-order valence-corrected chi connectivity index (χ1v) is 4.85. The van der Waals surface area contributed by atoms with E-state index in [-0.39, 0.29) is 5.75 Å². The van der Waals surface area contributed by atoms with Gasteiger partial charge in [0.25, 0.3) is 0 Å². The Balaban J connectivity index is 2.38. The summed E-state index contributed by atoms with van der Waals surface area (Å²) in [5, 5.41) is 9.22. The van der Waals surface area contributed by atoms with Crippen LogP contribution in [0.15, 0.2) is 36.4 Å². The van der Waals surface area contributed by atoms with Crippen molar-refractivity contribution >= 4 is 5.91 Å². The van der Waals surface area contributed by atoms with Crippen LogP contribution in [0.5, 0.6) is 5.75 Å². The minimum Gasteiger partial charge on any atom is -0.508 e. The molecule has 0 heterocycles. The molecule has 0 atom stereocenters. The third-order valence-corrected chi connectivity index (χ3v) is 2.20. The molecule has 0 bridgehead atoms. The van der Waals surface area contributed by atoms with Crippen LogP contribution in [0.25, 0.3) is 0 Å². The summed E-state index contributed by atoms with van der Waals surface area (Å²) in [4.78, 5) is 10.7. The first-order chi connectivity index (χ1) is 7.09. The van der Waals surface area contributed by atoms with Crippen molar-refractivity contribution in [1.82, 2.24) is 0 Å². The number of carbonyl (C=O) groups is 1. The first-order valence-electron chi connectivity index (χ1n) is 4.85. The van der Waals surface area contributed by atoms with E-state index in [4.69, 9.17) is 5.73 Å². The van der Waals surface area contributed by atoms with Crippen LogP contribution in [0, 0.1) is 0 Å². The molecule has 1 rings (SSSR count). The standard InChI is InChI=1S/C12H15NO2/c1-9(12(13)15)4-2-5-10-6-3-7-11(14)8-10/h3,6-8,14H,1-2,4-5H2,(H2,13,15). The molecular weight excluding hydrogens is 190 g/mol. The van der Waals surface area contributed by atoms with E-state index in [9.17, 15) is 9.90 Å². The molecule has 0 saturated heterocycles. The molecule has 80 valence electrons. The zero-order chi connectivity index (χ0) is 11.3. The van der Waals surface area contributed by atoms with Crippen LogP contribution in [0.2, 0.25) is 0 Å². The van der Waals surface area contributed by atoms with Crippen LogP contribution in [0.1, 0.15) is 18.4 Å². The number of carbonyl (C=O) groups excluding carboxylic acids is 1. The monoisotopic (exact) mass is 205 g/mol. The van der Waals surface area contributed by atoms with E-state index in [0.29, 0.717) is 12.0 Å². The summed E-state index contributed by atoms with van der Waals surface area (Å²) in [5.74, 6) is -0.174. The Bertz CT molecular complexity index is 372. The van der Waals surface area contributed by atoms with Crippen molar-refractivity contribution in [2.75, 3.05) is 0 Å². The number of primary amides is 1. The Morgan fingerprint density at radius 2 is 2.20 bits per heavy atom. The first kappa shape index (κ1) is 11.3. The fraction of sp³-hybridized carbons (Fsp3) is 0.250. The number of hydrogen-bond donors (Lipinski definition) is 2. The number of hydrogen-bond acceptors (Lipinski definition) is 2. The lowest BCUT2D eigenvalue weighted by atomic mass is 10.0. The average molecular weight is 205 g/mol. The second kappa shape index (κ2) is 5.20. The van der Waals surface area contributed by atoms with Crippen molar-refractivity contribution in [3.8, 4) is 5.75 Å². The summed E-state index contributed by atoms with van der Waals surface area (Å²) in [6.45, 7) is 3.58. The average Bonchev–Trinajstić information content (AvgIpc) is 2.17. The molecule has 15 heavy (non-hydrogen) atoms. The highest BCUT2D eigenvalue weighted by Crippen LogP contribution is 2.14. The van der Waals surface area contributed by atoms with Crippen molar-refractivity contribution in [3.63, 3.8) is 0 Å². The third kappa shape index (κ3) is 3.85. The van der Waals surface area contributed by atoms with Gasteiger partial charge in [0, 0.05) is 5.57 Å². The molecule has 0 radical (unpaired) electrons. The highest BCUT2D eigenvalue weighted by Gasteiger charge is 2.01. The van der Waals surface area contributed by atoms with E-state index in [2.05, 4.69) is 6.58 Å². The minimum atomic E-state index is -0.439. The summed E-state index contributed by atoms with van der Waals surface area (Å²) >= 11 is 0. The Kier molecular flexibility index (Phi) is 3.92. The summed E-state index contributed by atoms with van der Waals surface area (Å²) in [7, 11) is 0. The summed E-state index contributed by atoms with van der Waals surface area (Å²) < 4.78 is 0. The van der Waals surface area contributed by atoms with Crippen LogP contribution in [0.4, 0.5) is 0 Å². The molecule has 0 saturated carbocycles. The van der Waals surface area contributed by atoms with Crippen LogP contribution in [0.3, 0.4) is 0 Å². The fourth-order valence-corrected chi connectivity index (χ4v) is 1.34. The second-order valence-electron chi connectivity index (χ2n) is 3.49. The van der Waals surface area contributed by atoms with Gasteiger partial charge >= 0.3 is 0 Å². The van der Waals surface area contributed by atoms with Crippen molar-refractivity contribution in [2.45, 2.75) is 19.3 Å². The van der Waals surface area contributed by atoms with E-state index in [1.807, 2.05) is 6.07 Å². The molecular formula is C12H15NO2. The van der Waals surface area contributed by atoms with Gasteiger partial charge in [-0.15, -0.1) is 0 Å². The molecule has 3 nitrogen and oxygen atoms in total. The number of phenolic OH excluding ortho intramolecular Hbond substituents is 1. The Hall–Kier alpha value is -1.77. The molecule has 0 spiro atoms. The summed E-state index contributed by atoms with van der Waals surface area (Å²) in [6, 6.07) is 7.08. The molecule has 0 aromatic heterocycles. The quantitative estimate of drug-likeness (QED) is 0.719.